The van der Waals surface area contributed by atoms with Crippen LogP contribution in [0.2, 0.25) is 0 Å². The van der Waals surface area contributed by atoms with Crippen LogP contribution in [0.1, 0.15) is 59.8 Å². The van der Waals surface area contributed by atoms with Crippen LogP contribution in [-0.4, -0.2) is 52.5 Å². The summed E-state index contributed by atoms with van der Waals surface area (Å²) in [7, 11) is 1.65. The predicted molar refractivity (Wildman–Crippen MR) is 126 cm³/mol. The third-order valence-corrected chi connectivity index (χ3v) is 7.19. The number of methoxy groups -OCH3 is 1. The maximum atomic E-state index is 13.8. The quantitative estimate of drug-likeness (QED) is 0.603. The van der Waals surface area contributed by atoms with E-state index in [1.54, 1.807) is 7.11 Å². The van der Waals surface area contributed by atoms with Crippen molar-refractivity contribution in [2.45, 2.75) is 50.1 Å². The number of aromatic amines is 1. The Hall–Kier alpha value is -3.19. The lowest BCUT2D eigenvalue weighted by molar-refractivity contribution is -0.127. The Morgan fingerprint density at radius 2 is 1.91 bits per heavy atom. The van der Waals surface area contributed by atoms with Gasteiger partial charge in [0.2, 0.25) is 5.91 Å². The number of hydrogen-bond donors (Lipinski definition) is 2. The molecule has 2 aliphatic rings. The van der Waals surface area contributed by atoms with Crippen molar-refractivity contribution in [2.24, 2.45) is 0 Å². The molecule has 7 nitrogen and oxygen atoms in total. The minimum Gasteiger partial charge on any atom is -0.383 e. The molecule has 2 N–H and O–H groups in total. The van der Waals surface area contributed by atoms with Gasteiger partial charge >= 0.3 is 0 Å². The first-order valence-electron chi connectivity index (χ1n) is 11.8. The lowest BCUT2D eigenvalue weighted by atomic mass is 9.65. The first-order chi connectivity index (χ1) is 16.1. The minimum absolute atomic E-state index is 0.00545. The first kappa shape index (κ1) is 21.6. The summed E-state index contributed by atoms with van der Waals surface area (Å²) in [5, 5.41) is 3.13. The third kappa shape index (κ3) is 3.80. The van der Waals surface area contributed by atoms with Gasteiger partial charge < -0.3 is 19.9 Å². The molecule has 5 rings (SSSR count). The second-order valence-electron chi connectivity index (χ2n) is 9.05. The Morgan fingerprint density at radius 3 is 2.70 bits per heavy atom. The van der Waals surface area contributed by atoms with Gasteiger partial charge in [-0.25, -0.2) is 4.98 Å². The summed E-state index contributed by atoms with van der Waals surface area (Å²) >= 11 is 0. The van der Waals surface area contributed by atoms with Crippen LogP contribution in [0.4, 0.5) is 0 Å². The Balaban J connectivity index is 1.49. The average molecular weight is 447 g/mol. The summed E-state index contributed by atoms with van der Waals surface area (Å²) in [6, 6.07) is 15.4. The van der Waals surface area contributed by atoms with Crippen molar-refractivity contribution in [3.63, 3.8) is 0 Å². The normalized spacial score (nSPS) is 19.6. The van der Waals surface area contributed by atoms with Gasteiger partial charge in [0.1, 0.15) is 5.82 Å². The van der Waals surface area contributed by atoms with Crippen LogP contribution in [0.5, 0.6) is 0 Å². The molecule has 1 saturated carbocycles. The van der Waals surface area contributed by atoms with E-state index in [9.17, 15) is 9.59 Å². The fraction of sp³-hybridized carbons (Fsp3) is 0.423. The monoisotopic (exact) mass is 446 g/mol. The Morgan fingerprint density at radius 1 is 1.15 bits per heavy atom. The van der Waals surface area contributed by atoms with E-state index in [1.807, 2.05) is 53.4 Å². The molecule has 0 radical (unpaired) electrons. The topological polar surface area (TPSA) is 87.3 Å². The average Bonchev–Trinajstić information content (AvgIpc) is 3.26. The maximum absolute atomic E-state index is 13.8. The van der Waals surface area contributed by atoms with Crippen molar-refractivity contribution in [2.75, 3.05) is 20.3 Å². The molecule has 1 atom stereocenters. The number of rotatable bonds is 6. The van der Waals surface area contributed by atoms with Gasteiger partial charge in [-0.05, 0) is 36.6 Å². The number of para-hydroxylation sites is 2. The molecule has 0 saturated heterocycles. The van der Waals surface area contributed by atoms with Gasteiger partial charge in [0.05, 0.1) is 35.6 Å². The smallest absolute Gasteiger partial charge is 0.254 e. The van der Waals surface area contributed by atoms with Crippen molar-refractivity contribution >= 4 is 22.8 Å². The second-order valence-corrected chi connectivity index (χ2v) is 9.05. The molecule has 1 aliphatic carbocycles. The molecule has 33 heavy (non-hydrogen) atoms. The van der Waals surface area contributed by atoms with Crippen LogP contribution in [0.25, 0.3) is 11.0 Å². The molecular formula is C26H30N4O3. The van der Waals surface area contributed by atoms with E-state index >= 15 is 0 Å². The van der Waals surface area contributed by atoms with Crippen molar-refractivity contribution in [1.82, 2.24) is 20.2 Å². The highest BCUT2D eigenvalue weighted by Crippen LogP contribution is 2.49. The van der Waals surface area contributed by atoms with Crippen LogP contribution in [-0.2, 0) is 16.1 Å². The zero-order valence-corrected chi connectivity index (χ0v) is 19.0. The highest BCUT2D eigenvalue weighted by Gasteiger charge is 2.54. The molecule has 1 aromatic heterocycles. The van der Waals surface area contributed by atoms with E-state index in [-0.39, 0.29) is 11.8 Å². The molecule has 2 amide bonds. The standard InChI is InChI=1S/C26H30N4O3/c1-33-16-15-30-25(32)19-10-4-3-9-18(19)23(26(30)13-7-2-8-14-26)24(31)27-17-22-28-20-11-5-6-12-21(20)29-22/h3-6,9-12,23H,2,7-8,13-17H2,1H3,(H,27,31)(H,28,29). The van der Waals surface area contributed by atoms with E-state index in [0.29, 0.717) is 25.3 Å². The summed E-state index contributed by atoms with van der Waals surface area (Å²) in [5.41, 5.74) is 2.75. The molecule has 7 heteroatoms. The number of hydrogen-bond acceptors (Lipinski definition) is 4. The zero-order chi connectivity index (χ0) is 22.8. The van der Waals surface area contributed by atoms with Gasteiger partial charge in [0.15, 0.2) is 0 Å². The van der Waals surface area contributed by atoms with Crippen molar-refractivity contribution < 1.29 is 14.3 Å². The first-order valence-corrected chi connectivity index (χ1v) is 11.8. The van der Waals surface area contributed by atoms with Gasteiger partial charge in [0, 0.05) is 19.2 Å². The molecule has 1 unspecified atom stereocenters. The van der Waals surface area contributed by atoms with Crippen LogP contribution in [0.15, 0.2) is 48.5 Å². The number of amides is 2. The number of carbonyl (C=O) groups is 2. The molecule has 172 valence electrons. The van der Waals surface area contributed by atoms with E-state index < -0.39 is 11.5 Å². The van der Waals surface area contributed by atoms with Crippen molar-refractivity contribution in [3.8, 4) is 0 Å². The van der Waals surface area contributed by atoms with Gasteiger partial charge in [-0.2, -0.15) is 0 Å². The Kier molecular flexibility index (Phi) is 5.89. The number of nitrogens with one attached hydrogen (secondary N) is 2. The number of carbonyl (C=O) groups excluding carboxylic acids is 2. The van der Waals surface area contributed by atoms with Crippen LogP contribution in [0, 0.1) is 0 Å². The molecular weight excluding hydrogens is 416 g/mol. The van der Waals surface area contributed by atoms with Crippen LogP contribution in [0.3, 0.4) is 0 Å². The minimum atomic E-state index is -0.528. The van der Waals surface area contributed by atoms with Gasteiger partial charge in [-0.3, -0.25) is 9.59 Å². The molecule has 1 fully saturated rings. The largest absolute Gasteiger partial charge is 0.383 e. The van der Waals surface area contributed by atoms with E-state index in [4.69, 9.17) is 4.74 Å². The molecule has 3 aromatic rings. The van der Waals surface area contributed by atoms with E-state index in [0.717, 1.165) is 54.5 Å². The second kappa shape index (κ2) is 8.98. The van der Waals surface area contributed by atoms with Crippen molar-refractivity contribution in [3.05, 3.63) is 65.5 Å². The predicted octanol–water partition coefficient (Wildman–Crippen LogP) is 3.77. The van der Waals surface area contributed by atoms with Gasteiger partial charge in [-0.15, -0.1) is 0 Å². The molecule has 1 aliphatic heterocycles. The number of H-pyrrole nitrogens is 1. The third-order valence-electron chi connectivity index (χ3n) is 7.19. The highest BCUT2D eigenvalue weighted by atomic mass is 16.5. The number of aromatic nitrogens is 2. The number of benzene rings is 2. The number of fused-ring (bicyclic) bond motifs is 2. The number of ether oxygens (including phenoxy) is 1. The molecule has 0 bridgehead atoms. The van der Waals surface area contributed by atoms with Crippen LogP contribution >= 0.6 is 0 Å². The Labute approximate surface area is 193 Å². The van der Waals surface area contributed by atoms with Gasteiger partial charge in [-0.1, -0.05) is 49.6 Å². The lowest BCUT2D eigenvalue weighted by Crippen LogP contribution is -2.63. The number of imidazole rings is 1. The highest BCUT2D eigenvalue weighted by molar-refractivity contribution is 6.02. The summed E-state index contributed by atoms with van der Waals surface area (Å²) in [6.07, 6.45) is 4.78. The van der Waals surface area contributed by atoms with Crippen LogP contribution < -0.4 is 5.32 Å². The fourth-order valence-corrected chi connectivity index (χ4v) is 5.71. The van der Waals surface area contributed by atoms with Crippen molar-refractivity contribution in [1.29, 1.82) is 0 Å². The SMILES string of the molecule is COCCN1C(=O)c2ccccc2C(C(=O)NCc2nc3ccccc3[nH]2)C12CCCCC2. The molecule has 2 heterocycles. The maximum Gasteiger partial charge on any atom is 0.254 e. The van der Waals surface area contributed by atoms with E-state index in [1.165, 1.54) is 0 Å². The van der Waals surface area contributed by atoms with Gasteiger partial charge in [0.25, 0.3) is 5.91 Å². The summed E-state index contributed by atoms with van der Waals surface area (Å²) in [5.74, 6) is 0.247. The molecule has 1 spiro atoms. The fourth-order valence-electron chi connectivity index (χ4n) is 5.71. The molecule has 2 aromatic carbocycles. The summed E-state index contributed by atoms with van der Waals surface area (Å²) in [6.45, 7) is 1.24. The Bertz CT molecular complexity index is 1130. The zero-order valence-electron chi connectivity index (χ0n) is 19.0. The van der Waals surface area contributed by atoms with E-state index in [2.05, 4.69) is 15.3 Å². The summed E-state index contributed by atoms with van der Waals surface area (Å²) in [4.78, 5) is 37.2. The number of nitrogens with zero attached hydrogens (tertiary/aromatic N) is 2. The lowest BCUT2D eigenvalue weighted by Gasteiger charge is -2.53. The summed E-state index contributed by atoms with van der Waals surface area (Å²) < 4.78 is 5.34.